The van der Waals surface area contributed by atoms with Crippen LogP contribution in [0.1, 0.15) is 6.42 Å². The Bertz CT molecular complexity index is 151. The molecule has 0 aliphatic heterocycles. The fraction of sp³-hybridized carbons (Fsp3) is 0.333. The van der Waals surface area contributed by atoms with Crippen LogP contribution in [0.2, 0.25) is 0 Å². The topological polar surface area (TPSA) is 38.0 Å². The van der Waals surface area contributed by atoms with Gasteiger partial charge in [-0.1, -0.05) is 6.08 Å². The van der Waals surface area contributed by atoms with Gasteiger partial charge in [-0.3, -0.25) is 11.3 Å². The third kappa shape index (κ3) is 1.62. The maximum Gasteiger partial charge on any atom is 0.119 e. The van der Waals surface area contributed by atoms with Gasteiger partial charge in [0.2, 0.25) is 0 Å². The number of nitrogens with two attached hydrogens (primary N) is 1. The Morgan fingerprint density at radius 1 is 1.78 bits per heavy atom. The highest BCUT2D eigenvalue weighted by Gasteiger charge is 2.04. The number of halogens is 1. The van der Waals surface area contributed by atoms with Crippen molar-refractivity contribution in [1.82, 2.24) is 5.43 Å². The van der Waals surface area contributed by atoms with E-state index in [1.54, 1.807) is 6.08 Å². The van der Waals surface area contributed by atoms with E-state index in [1.807, 2.05) is 0 Å². The lowest BCUT2D eigenvalue weighted by Gasteiger charge is -2.10. The molecule has 0 saturated carbocycles. The lowest BCUT2D eigenvalue weighted by molar-refractivity contribution is 0.588. The first-order chi connectivity index (χ1) is 4.33. The standard InChI is InChI=1S/C6H9FN2/c7-5-1-3-6(9-8)4-2-5/h1-3,6,9H,4,8H2. The molecule has 0 amide bonds. The summed E-state index contributed by atoms with van der Waals surface area (Å²) in [6.07, 6.45) is 5.26. The minimum absolute atomic E-state index is 0.101. The van der Waals surface area contributed by atoms with Crippen LogP contribution in [0.4, 0.5) is 4.39 Å². The van der Waals surface area contributed by atoms with Gasteiger partial charge in [-0.15, -0.1) is 0 Å². The molecule has 1 atom stereocenters. The molecule has 0 aromatic rings. The van der Waals surface area contributed by atoms with E-state index in [-0.39, 0.29) is 11.9 Å². The Hall–Kier alpha value is -0.670. The van der Waals surface area contributed by atoms with Crippen LogP contribution in [0, 0.1) is 0 Å². The highest BCUT2D eigenvalue weighted by Crippen LogP contribution is 2.09. The van der Waals surface area contributed by atoms with Gasteiger partial charge in [0, 0.05) is 6.04 Å². The predicted octanol–water partition coefficient (Wildman–Crippen LogP) is 0.632. The van der Waals surface area contributed by atoms with Crippen LogP contribution in [0.25, 0.3) is 0 Å². The molecule has 1 rings (SSSR count). The van der Waals surface area contributed by atoms with Crippen molar-refractivity contribution in [2.75, 3.05) is 0 Å². The van der Waals surface area contributed by atoms with Gasteiger partial charge in [0.25, 0.3) is 0 Å². The van der Waals surface area contributed by atoms with Crippen LogP contribution < -0.4 is 11.3 Å². The fourth-order valence-electron chi connectivity index (χ4n) is 0.718. The summed E-state index contributed by atoms with van der Waals surface area (Å²) in [5.41, 5.74) is 2.53. The number of hydrazine groups is 1. The molecule has 3 N–H and O–H groups in total. The van der Waals surface area contributed by atoms with Gasteiger partial charge < -0.3 is 0 Å². The number of rotatable bonds is 1. The molecule has 0 fully saturated rings. The van der Waals surface area contributed by atoms with Gasteiger partial charge in [-0.25, -0.2) is 4.39 Å². The highest BCUT2D eigenvalue weighted by atomic mass is 19.1. The van der Waals surface area contributed by atoms with E-state index < -0.39 is 0 Å². The molecule has 9 heavy (non-hydrogen) atoms. The smallest absolute Gasteiger partial charge is 0.119 e. The molecule has 50 valence electrons. The normalized spacial score (nSPS) is 26.0. The zero-order valence-corrected chi connectivity index (χ0v) is 4.97. The fourth-order valence-corrected chi connectivity index (χ4v) is 0.718. The largest absolute Gasteiger partial charge is 0.271 e. The molecule has 0 radical (unpaired) electrons. The van der Waals surface area contributed by atoms with Gasteiger partial charge in [-0.2, -0.15) is 0 Å². The van der Waals surface area contributed by atoms with E-state index in [0.29, 0.717) is 6.42 Å². The van der Waals surface area contributed by atoms with E-state index in [0.717, 1.165) is 0 Å². The SMILES string of the molecule is NNC1C=CC(F)=CC1. The Kier molecular flexibility index (Phi) is 1.97. The number of allylic oxidation sites excluding steroid dienone is 2. The molecule has 1 unspecified atom stereocenters. The maximum atomic E-state index is 12.2. The van der Waals surface area contributed by atoms with Crippen molar-refractivity contribution >= 4 is 0 Å². The summed E-state index contributed by atoms with van der Waals surface area (Å²) in [5.74, 6) is 4.92. The molecule has 0 bridgehead atoms. The molecular formula is C6H9FN2. The molecule has 0 aromatic carbocycles. The lowest BCUT2D eigenvalue weighted by atomic mass is 10.1. The molecule has 3 heteroatoms. The van der Waals surface area contributed by atoms with Gasteiger partial charge in [-0.05, 0) is 18.6 Å². The second kappa shape index (κ2) is 2.75. The summed E-state index contributed by atoms with van der Waals surface area (Å²) in [5, 5.41) is 0. The highest BCUT2D eigenvalue weighted by molar-refractivity contribution is 5.18. The van der Waals surface area contributed by atoms with Crippen molar-refractivity contribution in [2.24, 2.45) is 5.84 Å². The molecule has 1 aliphatic carbocycles. The van der Waals surface area contributed by atoms with Crippen molar-refractivity contribution in [3.05, 3.63) is 24.1 Å². The van der Waals surface area contributed by atoms with Crippen molar-refractivity contribution in [2.45, 2.75) is 12.5 Å². The average molecular weight is 128 g/mol. The van der Waals surface area contributed by atoms with E-state index in [1.165, 1.54) is 12.2 Å². The Morgan fingerprint density at radius 3 is 3.00 bits per heavy atom. The molecule has 0 spiro atoms. The summed E-state index contributed by atoms with van der Waals surface area (Å²) in [7, 11) is 0. The van der Waals surface area contributed by atoms with Gasteiger partial charge in [0.05, 0.1) is 0 Å². The van der Waals surface area contributed by atoms with Crippen molar-refractivity contribution < 1.29 is 4.39 Å². The second-order valence-corrected chi connectivity index (χ2v) is 1.96. The zero-order valence-electron chi connectivity index (χ0n) is 4.97. The van der Waals surface area contributed by atoms with Crippen molar-refractivity contribution in [3.63, 3.8) is 0 Å². The first-order valence-corrected chi connectivity index (χ1v) is 2.83. The number of hydrogen-bond acceptors (Lipinski definition) is 2. The summed E-state index contributed by atoms with van der Waals surface area (Å²) in [6.45, 7) is 0. The minimum atomic E-state index is -0.179. The molecular weight excluding hydrogens is 119 g/mol. The van der Waals surface area contributed by atoms with E-state index in [2.05, 4.69) is 5.43 Å². The first kappa shape index (κ1) is 6.45. The monoisotopic (exact) mass is 128 g/mol. The summed E-state index contributed by atoms with van der Waals surface area (Å²) >= 11 is 0. The van der Waals surface area contributed by atoms with Crippen LogP contribution in [0.5, 0.6) is 0 Å². The Labute approximate surface area is 53.2 Å². The minimum Gasteiger partial charge on any atom is -0.271 e. The van der Waals surface area contributed by atoms with E-state index in [4.69, 9.17) is 5.84 Å². The quantitative estimate of drug-likeness (QED) is 0.401. The van der Waals surface area contributed by atoms with Gasteiger partial charge in [0.15, 0.2) is 0 Å². The number of nitrogens with one attached hydrogen (secondary N) is 1. The molecule has 0 saturated heterocycles. The van der Waals surface area contributed by atoms with Gasteiger partial charge in [0.1, 0.15) is 5.83 Å². The van der Waals surface area contributed by atoms with Crippen LogP contribution in [0.15, 0.2) is 24.1 Å². The molecule has 0 aromatic heterocycles. The van der Waals surface area contributed by atoms with Crippen LogP contribution in [-0.4, -0.2) is 6.04 Å². The number of hydrogen-bond donors (Lipinski definition) is 2. The summed E-state index contributed by atoms with van der Waals surface area (Å²) in [4.78, 5) is 0. The second-order valence-electron chi connectivity index (χ2n) is 1.96. The molecule has 2 nitrogen and oxygen atoms in total. The first-order valence-electron chi connectivity index (χ1n) is 2.83. The summed E-state index contributed by atoms with van der Waals surface area (Å²) in [6, 6.07) is 0.101. The Balaban J connectivity index is 2.48. The Morgan fingerprint density at radius 2 is 2.56 bits per heavy atom. The molecule has 0 heterocycles. The average Bonchev–Trinajstić information content (AvgIpc) is 1.90. The van der Waals surface area contributed by atoms with Crippen molar-refractivity contribution in [1.29, 1.82) is 0 Å². The third-order valence-electron chi connectivity index (χ3n) is 1.27. The summed E-state index contributed by atoms with van der Waals surface area (Å²) < 4.78 is 12.2. The maximum absolute atomic E-state index is 12.2. The van der Waals surface area contributed by atoms with Gasteiger partial charge >= 0.3 is 0 Å². The van der Waals surface area contributed by atoms with Crippen molar-refractivity contribution in [3.8, 4) is 0 Å². The van der Waals surface area contributed by atoms with E-state index >= 15 is 0 Å². The van der Waals surface area contributed by atoms with Crippen LogP contribution >= 0.6 is 0 Å². The molecule has 1 aliphatic rings. The third-order valence-corrected chi connectivity index (χ3v) is 1.27. The predicted molar refractivity (Wildman–Crippen MR) is 34.1 cm³/mol. The lowest BCUT2D eigenvalue weighted by Crippen LogP contribution is -2.33. The van der Waals surface area contributed by atoms with Crippen LogP contribution in [0.3, 0.4) is 0 Å². The zero-order chi connectivity index (χ0) is 6.69. The van der Waals surface area contributed by atoms with Crippen LogP contribution in [-0.2, 0) is 0 Å². The van der Waals surface area contributed by atoms with E-state index in [9.17, 15) is 4.39 Å².